The maximum Gasteiger partial charge on any atom is 0.326 e. The number of rotatable bonds is 6. The number of nitrogens with one attached hydrogen (secondary N) is 1. The van der Waals surface area contributed by atoms with Crippen LogP contribution in [0.1, 0.15) is 23.2 Å². The molecule has 0 aliphatic rings. The first-order valence-corrected chi connectivity index (χ1v) is 6.70. The van der Waals surface area contributed by atoms with Crippen molar-refractivity contribution in [1.29, 1.82) is 0 Å². The number of hydrogen-bond donors (Lipinski definition) is 2. The predicted molar refractivity (Wildman–Crippen MR) is 74.2 cm³/mol. The highest BCUT2D eigenvalue weighted by Crippen LogP contribution is 2.18. The SMILES string of the molecule is COC(=O)CC[C@H](NC(=O)c1ccc(F)cc1Br)C(=O)O. The third-order valence-electron chi connectivity index (χ3n) is 2.64. The lowest BCUT2D eigenvalue weighted by Crippen LogP contribution is -2.41. The summed E-state index contributed by atoms with van der Waals surface area (Å²) >= 11 is 3.03. The van der Waals surface area contributed by atoms with Gasteiger partial charge in [0.1, 0.15) is 11.9 Å². The minimum Gasteiger partial charge on any atom is -0.480 e. The zero-order valence-corrected chi connectivity index (χ0v) is 12.6. The van der Waals surface area contributed by atoms with Gasteiger partial charge in [-0.15, -0.1) is 0 Å². The number of esters is 1. The van der Waals surface area contributed by atoms with Crippen molar-refractivity contribution in [3.63, 3.8) is 0 Å². The van der Waals surface area contributed by atoms with E-state index in [1.54, 1.807) is 0 Å². The minimum absolute atomic E-state index is 0.0979. The highest BCUT2D eigenvalue weighted by Gasteiger charge is 2.22. The van der Waals surface area contributed by atoms with Gasteiger partial charge < -0.3 is 15.2 Å². The quantitative estimate of drug-likeness (QED) is 0.752. The molecule has 114 valence electrons. The van der Waals surface area contributed by atoms with Gasteiger partial charge in [0.15, 0.2) is 0 Å². The second-order valence-corrected chi connectivity index (χ2v) is 4.96. The van der Waals surface area contributed by atoms with Crippen LogP contribution in [0.3, 0.4) is 0 Å². The van der Waals surface area contributed by atoms with Crippen LogP contribution in [-0.2, 0) is 14.3 Å². The highest BCUT2D eigenvalue weighted by atomic mass is 79.9. The standard InChI is InChI=1S/C13H13BrFNO5/c1-21-11(17)5-4-10(13(19)20)16-12(18)8-3-2-7(15)6-9(8)14/h2-3,6,10H,4-5H2,1H3,(H,16,18)(H,19,20)/t10-/m0/s1. The number of carbonyl (C=O) groups excluding carboxylic acids is 2. The van der Waals surface area contributed by atoms with E-state index in [9.17, 15) is 18.8 Å². The van der Waals surface area contributed by atoms with E-state index in [-0.39, 0.29) is 22.9 Å². The molecule has 0 heterocycles. The molecule has 0 unspecified atom stereocenters. The number of halogens is 2. The molecule has 0 bridgehead atoms. The minimum atomic E-state index is -1.27. The van der Waals surface area contributed by atoms with Crippen molar-refractivity contribution in [1.82, 2.24) is 5.32 Å². The summed E-state index contributed by atoms with van der Waals surface area (Å²) in [4.78, 5) is 34.0. The van der Waals surface area contributed by atoms with E-state index in [2.05, 4.69) is 26.0 Å². The Labute approximate surface area is 128 Å². The van der Waals surface area contributed by atoms with Crippen molar-refractivity contribution >= 4 is 33.8 Å². The van der Waals surface area contributed by atoms with Gasteiger partial charge in [0.25, 0.3) is 5.91 Å². The molecule has 21 heavy (non-hydrogen) atoms. The van der Waals surface area contributed by atoms with Crippen LogP contribution >= 0.6 is 15.9 Å². The molecule has 1 aromatic carbocycles. The Kier molecular flexibility index (Phi) is 6.29. The Morgan fingerprint density at radius 3 is 2.62 bits per heavy atom. The number of aliphatic carboxylic acids is 1. The van der Waals surface area contributed by atoms with Gasteiger partial charge >= 0.3 is 11.9 Å². The molecule has 0 radical (unpaired) electrons. The Balaban J connectivity index is 2.76. The molecular formula is C13H13BrFNO5. The fraction of sp³-hybridized carbons (Fsp3) is 0.308. The molecule has 0 saturated carbocycles. The molecule has 1 aromatic rings. The first-order valence-electron chi connectivity index (χ1n) is 5.90. The Morgan fingerprint density at radius 1 is 1.43 bits per heavy atom. The Bertz CT molecular complexity index is 563. The van der Waals surface area contributed by atoms with E-state index in [0.717, 1.165) is 12.1 Å². The van der Waals surface area contributed by atoms with E-state index >= 15 is 0 Å². The molecule has 1 rings (SSSR count). The molecule has 0 saturated heterocycles. The van der Waals surface area contributed by atoms with E-state index in [0.29, 0.717) is 0 Å². The summed E-state index contributed by atoms with van der Waals surface area (Å²) in [5.74, 6) is -3.05. The molecule has 0 spiro atoms. The molecule has 2 N–H and O–H groups in total. The van der Waals surface area contributed by atoms with E-state index in [1.165, 1.54) is 13.2 Å². The fourth-order valence-electron chi connectivity index (χ4n) is 1.53. The largest absolute Gasteiger partial charge is 0.480 e. The maximum atomic E-state index is 12.9. The maximum absolute atomic E-state index is 12.9. The van der Waals surface area contributed by atoms with Crippen molar-refractivity contribution < 1.29 is 28.6 Å². The van der Waals surface area contributed by atoms with Crippen LogP contribution in [0, 0.1) is 5.82 Å². The molecule has 6 nitrogen and oxygen atoms in total. The summed E-state index contributed by atoms with van der Waals surface area (Å²) in [7, 11) is 1.19. The van der Waals surface area contributed by atoms with E-state index in [4.69, 9.17) is 5.11 Å². The highest BCUT2D eigenvalue weighted by molar-refractivity contribution is 9.10. The van der Waals surface area contributed by atoms with Crippen molar-refractivity contribution in [3.8, 4) is 0 Å². The zero-order chi connectivity index (χ0) is 16.0. The summed E-state index contributed by atoms with van der Waals surface area (Å²) in [5.41, 5.74) is 0.0979. The van der Waals surface area contributed by atoms with Crippen LogP contribution in [0.5, 0.6) is 0 Å². The lowest BCUT2D eigenvalue weighted by atomic mass is 10.1. The number of carboxylic acids is 1. The molecule has 1 atom stereocenters. The predicted octanol–water partition coefficient (Wildman–Crippen LogP) is 1.72. The van der Waals surface area contributed by atoms with Gasteiger partial charge in [-0.25, -0.2) is 9.18 Å². The molecule has 0 aromatic heterocycles. The first-order chi connectivity index (χ1) is 9.85. The smallest absolute Gasteiger partial charge is 0.326 e. The summed E-state index contributed by atoms with van der Waals surface area (Å²) in [6.07, 6.45) is -0.245. The fourth-order valence-corrected chi connectivity index (χ4v) is 2.06. The average Bonchev–Trinajstić information content (AvgIpc) is 2.42. The number of benzene rings is 1. The lowest BCUT2D eigenvalue weighted by Gasteiger charge is -2.14. The van der Waals surface area contributed by atoms with Crippen LogP contribution in [-0.4, -0.2) is 36.1 Å². The van der Waals surface area contributed by atoms with Crippen LogP contribution in [0.2, 0.25) is 0 Å². The van der Waals surface area contributed by atoms with Crippen LogP contribution in [0.25, 0.3) is 0 Å². The van der Waals surface area contributed by atoms with Crippen molar-refractivity contribution in [2.45, 2.75) is 18.9 Å². The average molecular weight is 362 g/mol. The molecule has 1 amide bonds. The molecule has 0 aliphatic heterocycles. The van der Waals surface area contributed by atoms with Gasteiger partial charge in [-0.05, 0) is 40.5 Å². The van der Waals surface area contributed by atoms with Gasteiger partial charge in [-0.2, -0.15) is 0 Å². The van der Waals surface area contributed by atoms with Gasteiger partial charge in [-0.3, -0.25) is 9.59 Å². The number of methoxy groups -OCH3 is 1. The summed E-state index contributed by atoms with van der Waals surface area (Å²) in [5, 5.41) is 11.3. The van der Waals surface area contributed by atoms with Crippen molar-refractivity contribution in [2.24, 2.45) is 0 Å². The van der Waals surface area contributed by atoms with Gasteiger partial charge in [0, 0.05) is 10.9 Å². The summed E-state index contributed by atoms with van der Waals surface area (Å²) < 4.78 is 17.6. The molecule has 8 heteroatoms. The number of ether oxygens (including phenoxy) is 1. The number of amides is 1. The van der Waals surface area contributed by atoms with Crippen LogP contribution in [0.4, 0.5) is 4.39 Å². The second kappa shape index (κ2) is 7.72. The van der Waals surface area contributed by atoms with E-state index in [1.807, 2.05) is 0 Å². The topological polar surface area (TPSA) is 92.7 Å². The van der Waals surface area contributed by atoms with Gasteiger partial charge in [-0.1, -0.05) is 0 Å². The van der Waals surface area contributed by atoms with Gasteiger partial charge in [0.2, 0.25) is 0 Å². The lowest BCUT2D eigenvalue weighted by molar-refractivity contribution is -0.142. The summed E-state index contributed by atoms with van der Waals surface area (Å²) in [6, 6.07) is 2.17. The zero-order valence-electron chi connectivity index (χ0n) is 11.1. The number of carboxylic acid groups (broad SMARTS) is 1. The summed E-state index contributed by atoms with van der Waals surface area (Å²) in [6.45, 7) is 0. The normalized spacial score (nSPS) is 11.6. The van der Waals surface area contributed by atoms with Gasteiger partial charge in [0.05, 0.1) is 12.7 Å². The second-order valence-electron chi connectivity index (χ2n) is 4.10. The first kappa shape index (κ1) is 17.1. The number of hydrogen-bond acceptors (Lipinski definition) is 4. The third kappa shape index (κ3) is 5.14. The monoisotopic (exact) mass is 361 g/mol. The Hall–Kier alpha value is -1.96. The van der Waals surface area contributed by atoms with Crippen LogP contribution in [0.15, 0.2) is 22.7 Å². The molecule has 0 fully saturated rings. The molecular weight excluding hydrogens is 349 g/mol. The third-order valence-corrected chi connectivity index (χ3v) is 3.30. The Morgan fingerprint density at radius 2 is 2.10 bits per heavy atom. The number of carbonyl (C=O) groups is 3. The van der Waals surface area contributed by atoms with Crippen molar-refractivity contribution in [3.05, 3.63) is 34.1 Å². The van der Waals surface area contributed by atoms with Crippen molar-refractivity contribution in [2.75, 3.05) is 7.11 Å². The van der Waals surface area contributed by atoms with E-state index < -0.39 is 29.7 Å². The molecule has 0 aliphatic carbocycles. The van der Waals surface area contributed by atoms with Crippen LogP contribution < -0.4 is 5.32 Å².